The molecule has 4 aromatic carbocycles. The Balaban J connectivity index is 1.80. The van der Waals surface area contributed by atoms with Gasteiger partial charge in [0.2, 0.25) is 0 Å². The van der Waals surface area contributed by atoms with Crippen molar-refractivity contribution in [1.82, 2.24) is 0 Å². The Morgan fingerprint density at radius 3 is 2.40 bits per heavy atom. The van der Waals surface area contributed by atoms with E-state index in [4.69, 9.17) is 4.74 Å². The van der Waals surface area contributed by atoms with E-state index in [0.29, 0.717) is 0 Å². The maximum Gasteiger partial charge on any atom is 0.118 e. The van der Waals surface area contributed by atoms with Crippen molar-refractivity contribution in [3.63, 3.8) is 0 Å². The summed E-state index contributed by atoms with van der Waals surface area (Å²) in [5.74, 6) is 0. The third-order valence-corrected chi connectivity index (χ3v) is 5.77. The summed E-state index contributed by atoms with van der Waals surface area (Å²) >= 11 is 0. The average molecular weight is 328 g/mol. The lowest BCUT2D eigenvalue weighted by atomic mass is 9.82. The van der Waals surface area contributed by atoms with E-state index in [2.05, 4.69) is 48.5 Å². The van der Waals surface area contributed by atoms with Gasteiger partial charge in [-0.1, -0.05) is 60.7 Å². The summed E-state index contributed by atoms with van der Waals surface area (Å²) in [6.07, 6.45) is -2.14. The van der Waals surface area contributed by atoms with E-state index in [-0.39, 0.29) is 12.2 Å². The lowest BCUT2D eigenvalue weighted by Crippen LogP contribution is -2.29. The number of hydrogen-bond acceptors (Lipinski definition) is 3. The highest BCUT2D eigenvalue weighted by Gasteiger charge is 2.54. The van der Waals surface area contributed by atoms with Crippen LogP contribution >= 0.6 is 0 Å². The van der Waals surface area contributed by atoms with Crippen molar-refractivity contribution >= 4 is 32.3 Å². The van der Waals surface area contributed by atoms with Gasteiger partial charge in [-0.25, -0.2) is 0 Å². The molecule has 1 fully saturated rings. The van der Waals surface area contributed by atoms with Gasteiger partial charge in [-0.05, 0) is 43.4 Å². The summed E-state index contributed by atoms with van der Waals surface area (Å²) in [7, 11) is 0. The molecule has 0 amide bonds. The quantitative estimate of drug-likeness (QED) is 0.379. The summed E-state index contributed by atoms with van der Waals surface area (Å²) < 4.78 is 5.72. The zero-order valence-corrected chi connectivity index (χ0v) is 13.4. The number of fused-ring (bicyclic) bond motifs is 9. The van der Waals surface area contributed by atoms with Gasteiger partial charge in [0.15, 0.2) is 0 Å². The first kappa shape index (κ1) is 13.8. The van der Waals surface area contributed by atoms with Gasteiger partial charge in [0.25, 0.3) is 0 Å². The van der Waals surface area contributed by atoms with Crippen LogP contribution < -0.4 is 0 Å². The molecule has 0 saturated carbocycles. The zero-order valence-electron chi connectivity index (χ0n) is 13.4. The number of epoxide rings is 1. The number of ether oxygens (including phenoxy) is 1. The third kappa shape index (κ3) is 1.70. The van der Waals surface area contributed by atoms with Gasteiger partial charge in [-0.15, -0.1) is 0 Å². The SMILES string of the molecule is O[C@@H]1[C@H]2O[C@H]2c2c(ccc3ccc4c5ccccc5ccc4c23)[C@H]1O. The normalized spacial score (nSPS) is 27.4. The molecule has 3 heteroatoms. The summed E-state index contributed by atoms with van der Waals surface area (Å²) in [5, 5.41) is 27.8. The fourth-order valence-electron chi connectivity index (χ4n) is 4.50. The lowest BCUT2D eigenvalue weighted by Gasteiger charge is -2.25. The molecule has 122 valence electrons. The Labute approximate surface area is 144 Å². The minimum atomic E-state index is -0.890. The van der Waals surface area contributed by atoms with Gasteiger partial charge in [-0.3, -0.25) is 0 Å². The molecule has 6 rings (SSSR count). The first-order valence-electron chi connectivity index (χ1n) is 8.62. The third-order valence-electron chi connectivity index (χ3n) is 5.77. The lowest BCUT2D eigenvalue weighted by molar-refractivity contribution is 0.000109. The van der Waals surface area contributed by atoms with Crippen molar-refractivity contribution in [2.75, 3.05) is 0 Å². The Hall–Kier alpha value is -2.46. The summed E-state index contributed by atoms with van der Waals surface area (Å²) in [4.78, 5) is 0. The molecule has 2 N–H and O–H groups in total. The Kier molecular flexibility index (Phi) is 2.53. The van der Waals surface area contributed by atoms with Crippen molar-refractivity contribution < 1.29 is 14.9 Å². The predicted molar refractivity (Wildman–Crippen MR) is 97.5 cm³/mol. The van der Waals surface area contributed by atoms with Crippen LogP contribution in [0.5, 0.6) is 0 Å². The van der Waals surface area contributed by atoms with Gasteiger partial charge in [0.1, 0.15) is 24.4 Å². The topological polar surface area (TPSA) is 53.0 Å². The van der Waals surface area contributed by atoms with Crippen molar-refractivity contribution in [3.8, 4) is 0 Å². The summed E-state index contributed by atoms with van der Waals surface area (Å²) in [5.41, 5.74) is 1.83. The van der Waals surface area contributed by atoms with Gasteiger partial charge >= 0.3 is 0 Å². The van der Waals surface area contributed by atoms with Crippen LogP contribution in [0.15, 0.2) is 60.7 Å². The molecule has 4 atom stereocenters. The second-order valence-corrected chi connectivity index (χ2v) is 7.07. The minimum absolute atomic E-state index is 0.117. The highest BCUT2D eigenvalue weighted by atomic mass is 16.6. The summed E-state index contributed by atoms with van der Waals surface area (Å²) in [6, 6.07) is 21.0. The van der Waals surface area contributed by atoms with Crippen LogP contribution in [0.3, 0.4) is 0 Å². The fourth-order valence-corrected chi connectivity index (χ4v) is 4.50. The van der Waals surface area contributed by atoms with E-state index in [0.717, 1.165) is 21.9 Å². The molecule has 0 unspecified atom stereocenters. The van der Waals surface area contributed by atoms with E-state index in [1.807, 2.05) is 12.1 Å². The van der Waals surface area contributed by atoms with E-state index in [1.165, 1.54) is 21.5 Å². The molecular formula is C22H16O3. The number of hydrogen-bond donors (Lipinski definition) is 2. The molecule has 1 aliphatic heterocycles. The molecule has 4 aromatic rings. The second kappa shape index (κ2) is 4.58. The molecule has 3 nitrogen and oxygen atoms in total. The Morgan fingerprint density at radius 2 is 1.48 bits per heavy atom. The zero-order chi connectivity index (χ0) is 16.7. The van der Waals surface area contributed by atoms with Crippen LogP contribution in [0, 0.1) is 0 Å². The maximum absolute atomic E-state index is 10.5. The minimum Gasteiger partial charge on any atom is -0.387 e. The monoisotopic (exact) mass is 328 g/mol. The van der Waals surface area contributed by atoms with E-state index in [9.17, 15) is 10.2 Å². The van der Waals surface area contributed by atoms with Crippen LogP contribution in [0.2, 0.25) is 0 Å². The van der Waals surface area contributed by atoms with E-state index >= 15 is 0 Å². The molecule has 1 saturated heterocycles. The van der Waals surface area contributed by atoms with E-state index in [1.54, 1.807) is 0 Å². The molecular weight excluding hydrogens is 312 g/mol. The van der Waals surface area contributed by atoms with Crippen LogP contribution in [0.1, 0.15) is 23.3 Å². The predicted octanol–water partition coefficient (Wildman–Crippen LogP) is 3.99. The fraction of sp³-hybridized carbons (Fsp3) is 0.182. The molecule has 2 aliphatic rings. The Morgan fingerprint density at radius 1 is 0.720 bits per heavy atom. The maximum atomic E-state index is 10.5. The van der Waals surface area contributed by atoms with Crippen molar-refractivity contribution in [2.45, 2.75) is 24.4 Å². The molecule has 0 bridgehead atoms. The van der Waals surface area contributed by atoms with Crippen LogP contribution in [-0.2, 0) is 4.74 Å². The number of rotatable bonds is 0. The van der Waals surface area contributed by atoms with Gasteiger partial charge < -0.3 is 14.9 Å². The van der Waals surface area contributed by atoms with E-state index < -0.39 is 12.2 Å². The van der Waals surface area contributed by atoms with Crippen LogP contribution in [0.4, 0.5) is 0 Å². The molecule has 1 heterocycles. The van der Waals surface area contributed by atoms with Crippen molar-refractivity contribution in [3.05, 3.63) is 71.8 Å². The van der Waals surface area contributed by atoms with Crippen molar-refractivity contribution in [1.29, 1.82) is 0 Å². The number of benzene rings is 4. The van der Waals surface area contributed by atoms with Gasteiger partial charge in [0.05, 0.1) is 0 Å². The molecule has 25 heavy (non-hydrogen) atoms. The van der Waals surface area contributed by atoms with Crippen molar-refractivity contribution in [2.24, 2.45) is 0 Å². The average Bonchev–Trinajstić information content (AvgIpc) is 3.45. The highest BCUT2D eigenvalue weighted by Crippen LogP contribution is 2.53. The van der Waals surface area contributed by atoms with Gasteiger partial charge in [-0.2, -0.15) is 0 Å². The standard InChI is InChI=1S/C22H16O3/c23-19-16-10-7-12-6-8-14-13-4-2-1-3-11(13)5-9-15(14)17(12)18(16)21-22(25-21)20(19)24/h1-10,19-24H/t19-,20+,21+,22-/m1/s1. The molecule has 0 radical (unpaired) electrons. The van der Waals surface area contributed by atoms with Crippen LogP contribution in [-0.4, -0.2) is 22.4 Å². The molecule has 0 spiro atoms. The first-order chi connectivity index (χ1) is 12.2. The smallest absolute Gasteiger partial charge is 0.118 e. The molecule has 0 aromatic heterocycles. The molecule has 1 aliphatic carbocycles. The van der Waals surface area contributed by atoms with Gasteiger partial charge in [0, 0.05) is 0 Å². The Bertz CT molecular complexity index is 1180. The highest BCUT2D eigenvalue weighted by molar-refractivity contribution is 6.18. The number of aliphatic hydroxyl groups excluding tert-OH is 2. The summed E-state index contributed by atoms with van der Waals surface area (Å²) in [6.45, 7) is 0. The largest absolute Gasteiger partial charge is 0.387 e. The number of aliphatic hydroxyl groups is 2. The first-order valence-corrected chi connectivity index (χ1v) is 8.62. The van der Waals surface area contributed by atoms with Crippen LogP contribution in [0.25, 0.3) is 32.3 Å². The second-order valence-electron chi connectivity index (χ2n) is 7.07.